The van der Waals surface area contributed by atoms with Gasteiger partial charge < -0.3 is 14.4 Å². The van der Waals surface area contributed by atoms with Gasteiger partial charge in [0.15, 0.2) is 5.16 Å². The van der Waals surface area contributed by atoms with Crippen molar-refractivity contribution in [2.75, 3.05) is 30.3 Å². The standard InChI is InChI=1S/C23H30N4O2S/c1-16-4-5-20(12-17(16)2)27-14-19(13-21(27)28)22(29)26-9-6-18(7-10-26)15-30-23-24-8-11-25(23)3/h4-5,8,11-12,18-19H,6-7,9-10,13-15H2,1-3H3/t19-/m0/s1. The summed E-state index contributed by atoms with van der Waals surface area (Å²) in [6, 6.07) is 6.07. The van der Waals surface area contributed by atoms with E-state index in [1.807, 2.05) is 47.1 Å². The van der Waals surface area contributed by atoms with Crippen LogP contribution < -0.4 is 4.90 Å². The number of aromatic nitrogens is 2. The van der Waals surface area contributed by atoms with E-state index < -0.39 is 0 Å². The van der Waals surface area contributed by atoms with Crippen LogP contribution in [0.4, 0.5) is 5.69 Å². The number of benzene rings is 1. The van der Waals surface area contributed by atoms with Crippen LogP contribution in [0.2, 0.25) is 0 Å². The lowest BCUT2D eigenvalue weighted by Gasteiger charge is -2.33. The summed E-state index contributed by atoms with van der Waals surface area (Å²) >= 11 is 1.79. The molecule has 1 atom stereocenters. The highest BCUT2D eigenvalue weighted by molar-refractivity contribution is 7.99. The lowest BCUT2D eigenvalue weighted by Crippen LogP contribution is -2.42. The number of carbonyl (C=O) groups excluding carboxylic acids is 2. The highest BCUT2D eigenvalue weighted by Crippen LogP contribution is 2.30. The van der Waals surface area contributed by atoms with Gasteiger partial charge in [-0.15, -0.1) is 0 Å². The van der Waals surface area contributed by atoms with Crippen LogP contribution in [0, 0.1) is 25.7 Å². The second-order valence-electron chi connectivity index (χ2n) is 8.57. The molecule has 1 aromatic heterocycles. The van der Waals surface area contributed by atoms with E-state index in [2.05, 4.69) is 18.8 Å². The third kappa shape index (κ3) is 4.41. The van der Waals surface area contributed by atoms with Gasteiger partial charge in [0, 0.05) is 56.9 Å². The van der Waals surface area contributed by atoms with Crippen LogP contribution in [0.25, 0.3) is 0 Å². The van der Waals surface area contributed by atoms with Gasteiger partial charge >= 0.3 is 0 Å². The molecule has 6 nitrogen and oxygen atoms in total. The molecular formula is C23H30N4O2S. The fourth-order valence-corrected chi connectivity index (χ4v) is 5.40. The van der Waals surface area contributed by atoms with Crippen molar-refractivity contribution in [3.8, 4) is 0 Å². The number of rotatable bonds is 5. The number of anilines is 1. The Labute approximate surface area is 182 Å². The second-order valence-corrected chi connectivity index (χ2v) is 9.56. The molecule has 2 aromatic rings. The van der Waals surface area contributed by atoms with E-state index in [1.165, 1.54) is 11.1 Å². The van der Waals surface area contributed by atoms with Gasteiger partial charge in [0.2, 0.25) is 11.8 Å². The van der Waals surface area contributed by atoms with Crippen molar-refractivity contribution in [2.45, 2.75) is 38.3 Å². The van der Waals surface area contributed by atoms with E-state index in [1.54, 1.807) is 16.7 Å². The molecular weight excluding hydrogens is 396 g/mol. The van der Waals surface area contributed by atoms with Crippen LogP contribution in [-0.2, 0) is 16.6 Å². The summed E-state index contributed by atoms with van der Waals surface area (Å²) < 4.78 is 2.04. The summed E-state index contributed by atoms with van der Waals surface area (Å²) in [4.78, 5) is 33.8. The molecule has 2 fully saturated rings. The average molecular weight is 427 g/mol. The molecule has 160 valence electrons. The van der Waals surface area contributed by atoms with Crippen molar-refractivity contribution in [3.63, 3.8) is 0 Å². The van der Waals surface area contributed by atoms with Crippen molar-refractivity contribution in [1.82, 2.24) is 14.5 Å². The van der Waals surface area contributed by atoms with Crippen LogP contribution >= 0.6 is 11.8 Å². The van der Waals surface area contributed by atoms with E-state index >= 15 is 0 Å². The first-order chi connectivity index (χ1) is 14.4. The Morgan fingerprint density at radius 3 is 2.63 bits per heavy atom. The van der Waals surface area contributed by atoms with Crippen LogP contribution in [0.15, 0.2) is 35.7 Å². The predicted molar refractivity (Wildman–Crippen MR) is 120 cm³/mol. The zero-order valence-electron chi connectivity index (χ0n) is 18.0. The van der Waals surface area contributed by atoms with Gasteiger partial charge in [-0.25, -0.2) is 4.98 Å². The van der Waals surface area contributed by atoms with Crippen molar-refractivity contribution >= 4 is 29.3 Å². The van der Waals surface area contributed by atoms with Crippen molar-refractivity contribution < 1.29 is 9.59 Å². The molecule has 0 spiro atoms. The number of likely N-dealkylation sites (tertiary alicyclic amines) is 1. The minimum Gasteiger partial charge on any atom is -0.342 e. The number of nitrogens with zero attached hydrogens (tertiary/aromatic N) is 4. The molecule has 7 heteroatoms. The van der Waals surface area contributed by atoms with Crippen LogP contribution in [0.5, 0.6) is 0 Å². The summed E-state index contributed by atoms with van der Waals surface area (Å²) in [5.74, 6) is 1.61. The van der Waals surface area contributed by atoms with Crippen molar-refractivity contribution in [3.05, 3.63) is 41.7 Å². The second kappa shape index (κ2) is 8.84. The number of hydrogen-bond donors (Lipinski definition) is 0. The number of thioether (sulfide) groups is 1. The molecule has 0 N–H and O–H groups in total. The van der Waals surface area contributed by atoms with Gasteiger partial charge in [-0.1, -0.05) is 17.8 Å². The van der Waals surface area contributed by atoms with E-state index in [9.17, 15) is 9.59 Å². The SMILES string of the molecule is Cc1ccc(N2C[C@@H](C(=O)N3CCC(CSc4nccn4C)CC3)CC2=O)cc1C. The minimum absolute atomic E-state index is 0.0537. The van der Waals surface area contributed by atoms with Crippen LogP contribution in [0.1, 0.15) is 30.4 Å². The highest BCUT2D eigenvalue weighted by Gasteiger charge is 2.38. The zero-order chi connectivity index (χ0) is 21.3. The largest absolute Gasteiger partial charge is 0.342 e. The van der Waals surface area contributed by atoms with Gasteiger partial charge in [0.25, 0.3) is 0 Å². The third-order valence-electron chi connectivity index (χ3n) is 6.43. The quantitative estimate of drug-likeness (QED) is 0.688. The third-order valence-corrected chi connectivity index (χ3v) is 7.72. The molecule has 3 heterocycles. The smallest absolute Gasteiger partial charge is 0.228 e. The number of hydrogen-bond acceptors (Lipinski definition) is 4. The van der Waals surface area contributed by atoms with Gasteiger partial charge in [-0.2, -0.15) is 0 Å². The molecule has 0 unspecified atom stereocenters. The maximum absolute atomic E-state index is 13.1. The monoisotopic (exact) mass is 426 g/mol. The van der Waals surface area contributed by atoms with E-state index in [4.69, 9.17) is 0 Å². The number of aryl methyl sites for hydroxylation is 3. The summed E-state index contributed by atoms with van der Waals surface area (Å²) in [7, 11) is 2.01. The van der Waals surface area contributed by atoms with Crippen molar-refractivity contribution in [1.29, 1.82) is 0 Å². The van der Waals surface area contributed by atoms with Gasteiger partial charge in [0.05, 0.1) is 5.92 Å². The number of imidazole rings is 1. The molecule has 30 heavy (non-hydrogen) atoms. The topological polar surface area (TPSA) is 58.4 Å². The van der Waals surface area contributed by atoms with Gasteiger partial charge in [0.1, 0.15) is 0 Å². The first kappa shape index (κ1) is 21.0. The molecule has 2 saturated heterocycles. The molecule has 0 aliphatic carbocycles. The highest BCUT2D eigenvalue weighted by atomic mass is 32.2. The first-order valence-corrected chi connectivity index (χ1v) is 11.7. The molecule has 4 rings (SSSR count). The van der Waals surface area contributed by atoms with Gasteiger partial charge in [-0.3, -0.25) is 9.59 Å². The van der Waals surface area contributed by atoms with Gasteiger partial charge in [-0.05, 0) is 55.9 Å². The minimum atomic E-state index is -0.224. The molecule has 2 aliphatic rings. The molecule has 0 saturated carbocycles. The lowest BCUT2D eigenvalue weighted by molar-refractivity contribution is -0.137. The Balaban J connectivity index is 1.29. The number of carbonyl (C=O) groups is 2. The fraction of sp³-hybridized carbons (Fsp3) is 0.522. The van der Waals surface area contributed by atoms with Crippen LogP contribution in [0.3, 0.4) is 0 Å². The van der Waals surface area contributed by atoms with Crippen molar-refractivity contribution in [2.24, 2.45) is 18.9 Å². The number of amides is 2. The Morgan fingerprint density at radius 1 is 1.20 bits per heavy atom. The molecule has 0 radical (unpaired) electrons. The Kier molecular flexibility index (Phi) is 6.18. The first-order valence-electron chi connectivity index (χ1n) is 10.7. The van der Waals surface area contributed by atoms with E-state index in [0.717, 1.165) is 42.5 Å². The molecule has 2 amide bonds. The Bertz CT molecular complexity index is 933. The van der Waals surface area contributed by atoms with E-state index in [-0.39, 0.29) is 17.7 Å². The molecule has 1 aromatic carbocycles. The molecule has 2 aliphatic heterocycles. The maximum Gasteiger partial charge on any atom is 0.228 e. The normalized spacial score (nSPS) is 20.2. The predicted octanol–water partition coefficient (Wildman–Crippen LogP) is 3.42. The maximum atomic E-state index is 13.1. The lowest BCUT2D eigenvalue weighted by atomic mass is 9.97. The summed E-state index contributed by atoms with van der Waals surface area (Å²) in [5.41, 5.74) is 3.28. The van der Waals surface area contributed by atoms with Crippen LogP contribution in [-0.4, -0.2) is 51.7 Å². The summed E-state index contributed by atoms with van der Waals surface area (Å²) in [6.45, 7) is 6.20. The molecule has 0 bridgehead atoms. The zero-order valence-corrected chi connectivity index (χ0v) is 18.8. The Morgan fingerprint density at radius 2 is 1.97 bits per heavy atom. The Hall–Kier alpha value is -2.28. The fourth-order valence-electron chi connectivity index (χ4n) is 4.28. The van der Waals surface area contributed by atoms with E-state index in [0.29, 0.717) is 18.9 Å². The summed E-state index contributed by atoms with van der Waals surface area (Å²) in [5, 5.41) is 1.05. The number of piperidine rings is 1. The summed E-state index contributed by atoms with van der Waals surface area (Å²) in [6.07, 6.45) is 6.15. The average Bonchev–Trinajstić information content (AvgIpc) is 3.33.